The highest BCUT2D eigenvalue weighted by Gasteiger charge is 2.61. The van der Waals surface area contributed by atoms with Crippen molar-refractivity contribution in [2.45, 2.75) is 26.2 Å². The molecule has 1 heterocycles. The van der Waals surface area contributed by atoms with E-state index < -0.39 is 23.3 Å². The summed E-state index contributed by atoms with van der Waals surface area (Å²) in [4.78, 5) is 63.4. The summed E-state index contributed by atoms with van der Waals surface area (Å²) in [6.07, 6.45) is 2.80. The van der Waals surface area contributed by atoms with Crippen molar-refractivity contribution in [1.82, 2.24) is 0 Å². The molecule has 0 aromatic heterocycles. The van der Waals surface area contributed by atoms with Crippen LogP contribution >= 0.6 is 0 Å². The molecule has 2 aromatic carbocycles. The Morgan fingerprint density at radius 2 is 1.71 bits per heavy atom. The molecule has 0 N–H and O–H groups in total. The molecule has 174 valence electrons. The maximum Gasteiger partial charge on any atom is 0.340 e. The van der Waals surface area contributed by atoms with Crippen LogP contribution in [0.1, 0.15) is 45.5 Å². The molecule has 5 rings (SSSR count). The topological polar surface area (TPSA) is 124 Å². The Morgan fingerprint density at radius 1 is 1.06 bits per heavy atom. The number of benzene rings is 2. The van der Waals surface area contributed by atoms with E-state index in [-0.39, 0.29) is 58.0 Å². The first-order valence-corrected chi connectivity index (χ1v) is 11.2. The lowest BCUT2D eigenvalue weighted by Crippen LogP contribution is -2.34. The fourth-order valence-electron chi connectivity index (χ4n) is 5.76. The van der Waals surface area contributed by atoms with Crippen LogP contribution in [-0.2, 0) is 14.3 Å². The Hall–Kier alpha value is -3.88. The fraction of sp³-hybridized carbons (Fsp3) is 0.360. The number of esters is 1. The van der Waals surface area contributed by atoms with Gasteiger partial charge in [-0.1, -0.05) is 24.3 Å². The van der Waals surface area contributed by atoms with E-state index in [1.54, 1.807) is 19.1 Å². The van der Waals surface area contributed by atoms with Crippen LogP contribution in [0.15, 0.2) is 42.5 Å². The summed E-state index contributed by atoms with van der Waals surface area (Å²) in [6, 6.07) is 10.2. The number of nitro benzene ring substituents is 1. The summed E-state index contributed by atoms with van der Waals surface area (Å²) >= 11 is 0. The summed E-state index contributed by atoms with van der Waals surface area (Å²) in [5.41, 5.74) is 0.430. The molecule has 9 nitrogen and oxygen atoms in total. The lowest BCUT2D eigenvalue weighted by molar-refractivity contribution is -0.385. The highest BCUT2D eigenvalue weighted by molar-refractivity contribution is 6.24. The molecule has 3 fully saturated rings. The molecule has 2 aliphatic carbocycles. The number of nitrogens with zero attached hydrogens (tertiary/aromatic N) is 2. The van der Waals surface area contributed by atoms with Gasteiger partial charge in [-0.05, 0) is 50.2 Å². The first-order valence-electron chi connectivity index (χ1n) is 11.2. The third-order valence-electron chi connectivity index (χ3n) is 7.35. The van der Waals surface area contributed by atoms with Crippen LogP contribution in [0.4, 0.5) is 11.4 Å². The van der Waals surface area contributed by atoms with E-state index in [1.807, 2.05) is 0 Å². The number of Topliss-reactive ketones (excluding diaryl/α,β-unsaturated/α-hetero) is 1. The lowest BCUT2D eigenvalue weighted by Gasteiger charge is -2.19. The number of hydrogen-bond acceptors (Lipinski definition) is 7. The average molecular weight is 462 g/mol. The first kappa shape index (κ1) is 21.9. The van der Waals surface area contributed by atoms with E-state index in [4.69, 9.17) is 4.74 Å². The molecule has 34 heavy (non-hydrogen) atoms. The molecule has 0 radical (unpaired) electrons. The number of amides is 2. The van der Waals surface area contributed by atoms with Crippen molar-refractivity contribution in [1.29, 1.82) is 0 Å². The molecule has 1 aliphatic heterocycles. The number of para-hydroxylation sites is 1. The van der Waals surface area contributed by atoms with Crippen molar-refractivity contribution in [2.75, 3.05) is 11.5 Å². The number of hydrogen-bond donors (Lipinski definition) is 0. The van der Waals surface area contributed by atoms with Gasteiger partial charge in [-0.2, -0.15) is 0 Å². The second-order valence-corrected chi connectivity index (χ2v) is 9.17. The average Bonchev–Trinajstić information content (AvgIpc) is 3.51. The molecule has 9 heteroatoms. The molecule has 2 bridgehead atoms. The molecule has 4 atom stereocenters. The Bertz CT molecular complexity index is 1230. The van der Waals surface area contributed by atoms with Crippen LogP contribution < -0.4 is 4.90 Å². The maximum absolute atomic E-state index is 13.2. The normalized spacial score (nSPS) is 24.9. The smallest absolute Gasteiger partial charge is 0.340 e. The number of carbonyl (C=O) groups is 4. The lowest BCUT2D eigenvalue weighted by atomic mass is 9.81. The zero-order chi connectivity index (χ0) is 24.1. The summed E-state index contributed by atoms with van der Waals surface area (Å²) < 4.78 is 5.19. The number of fused-ring (bicyclic) bond motifs is 5. The maximum atomic E-state index is 13.2. The largest absolute Gasteiger partial charge is 0.454 e. The van der Waals surface area contributed by atoms with Crippen LogP contribution in [-0.4, -0.2) is 35.1 Å². The Labute approximate surface area is 194 Å². The van der Waals surface area contributed by atoms with Crippen LogP contribution in [0.2, 0.25) is 0 Å². The molecule has 1 saturated heterocycles. The second kappa shape index (κ2) is 8.16. The van der Waals surface area contributed by atoms with Gasteiger partial charge in [-0.25, -0.2) is 9.69 Å². The molecule has 4 unspecified atom stereocenters. The van der Waals surface area contributed by atoms with Gasteiger partial charge in [0.15, 0.2) is 6.61 Å². The number of nitro groups is 1. The van der Waals surface area contributed by atoms with E-state index in [0.29, 0.717) is 5.56 Å². The van der Waals surface area contributed by atoms with E-state index >= 15 is 0 Å². The predicted octanol–water partition coefficient (Wildman–Crippen LogP) is 3.48. The van der Waals surface area contributed by atoms with Crippen LogP contribution in [0.3, 0.4) is 0 Å². The number of anilines is 1. The van der Waals surface area contributed by atoms with Gasteiger partial charge in [0.2, 0.25) is 17.6 Å². The summed E-state index contributed by atoms with van der Waals surface area (Å²) in [6.45, 7) is 0.925. The summed E-state index contributed by atoms with van der Waals surface area (Å²) in [7, 11) is 0. The number of aryl methyl sites for hydroxylation is 1. The summed E-state index contributed by atoms with van der Waals surface area (Å²) in [5.74, 6) is -2.22. The van der Waals surface area contributed by atoms with Crippen molar-refractivity contribution >= 4 is 34.9 Å². The quantitative estimate of drug-likeness (QED) is 0.212. The minimum atomic E-state index is -0.855. The van der Waals surface area contributed by atoms with Crippen LogP contribution in [0.25, 0.3) is 0 Å². The highest BCUT2D eigenvalue weighted by atomic mass is 16.6. The minimum Gasteiger partial charge on any atom is -0.454 e. The molecule has 2 amide bonds. The number of imide groups is 1. The van der Waals surface area contributed by atoms with E-state index in [0.717, 1.165) is 30.2 Å². The van der Waals surface area contributed by atoms with Gasteiger partial charge < -0.3 is 4.74 Å². The number of ketones is 1. The molecular weight excluding hydrogens is 440 g/mol. The molecular formula is C25H22N2O7. The van der Waals surface area contributed by atoms with Crippen molar-refractivity contribution in [3.05, 3.63) is 69.3 Å². The van der Waals surface area contributed by atoms with Gasteiger partial charge in [0, 0.05) is 17.2 Å². The summed E-state index contributed by atoms with van der Waals surface area (Å²) in [5, 5.41) is 11.1. The number of rotatable bonds is 6. The van der Waals surface area contributed by atoms with Gasteiger partial charge in [0.25, 0.3) is 5.69 Å². The van der Waals surface area contributed by atoms with Gasteiger partial charge >= 0.3 is 5.97 Å². The highest BCUT2D eigenvalue weighted by Crippen LogP contribution is 2.56. The fourth-order valence-corrected chi connectivity index (χ4v) is 5.76. The molecule has 0 spiro atoms. The Morgan fingerprint density at radius 3 is 2.35 bits per heavy atom. The van der Waals surface area contributed by atoms with Gasteiger partial charge in [0.1, 0.15) is 0 Å². The molecule has 3 aliphatic rings. The van der Waals surface area contributed by atoms with Crippen LogP contribution in [0.5, 0.6) is 0 Å². The minimum absolute atomic E-state index is 0.0132. The van der Waals surface area contributed by atoms with Crippen molar-refractivity contribution in [3.8, 4) is 0 Å². The number of ether oxygens (including phenoxy) is 1. The zero-order valence-electron chi connectivity index (χ0n) is 18.4. The van der Waals surface area contributed by atoms with Crippen molar-refractivity contribution < 1.29 is 28.8 Å². The third-order valence-corrected chi connectivity index (χ3v) is 7.35. The first-order chi connectivity index (χ1) is 16.3. The second-order valence-electron chi connectivity index (χ2n) is 9.17. The monoisotopic (exact) mass is 462 g/mol. The van der Waals surface area contributed by atoms with Gasteiger partial charge in [0.05, 0.1) is 28.0 Å². The Balaban J connectivity index is 1.34. The Kier molecular flexibility index (Phi) is 5.27. The third kappa shape index (κ3) is 3.39. The zero-order valence-corrected chi connectivity index (χ0v) is 18.4. The molecule has 2 saturated carbocycles. The van der Waals surface area contributed by atoms with E-state index in [9.17, 15) is 29.3 Å². The number of carbonyl (C=O) groups excluding carboxylic acids is 4. The van der Waals surface area contributed by atoms with Gasteiger partial charge in [-0.15, -0.1) is 0 Å². The van der Waals surface area contributed by atoms with Gasteiger partial charge in [-0.3, -0.25) is 24.5 Å². The van der Waals surface area contributed by atoms with E-state index in [2.05, 4.69) is 0 Å². The standard InChI is InChI=1S/C25H22N2O7/c1-13-6-7-14(11-19(13)27(32)33)20(28)12-34-25(31)17-4-2-3-5-18(17)26-23(29)21-15-8-9-16(10-15)22(21)24(26)30/h2-7,11,15-16,21-22H,8-10,12H2,1H3. The predicted molar refractivity (Wildman–Crippen MR) is 119 cm³/mol. The van der Waals surface area contributed by atoms with E-state index in [1.165, 1.54) is 24.3 Å². The van der Waals surface area contributed by atoms with Crippen molar-refractivity contribution in [2.24, 2.45) is 23.7 Å². The SMILES string of the molecule is Cc1ccc(C(=O)COC(=O)c2ccccc2N2C(=O)C3C4CCC(C4)C3C2=O)cc1[N+](=O)[O-]. The van der Waals surface area contributed by atoms with Crippen molar-refractivity contribution in [3.63, 3.8) is 0 Å². The molecule has 2 aromatic rings. The van der Waals surface area contributed by atoms with Crippen LogP contribution in [0, 0.1) is 40.7 Å².